The van der Waals surface area contributed by atoms with Gasteiger partial charge in [-0.05, 0) is 37.6 Å². The van der Waals surface area contributed by atoms with Gasteiger partial charge in [0, 0.05) is 30.4 Å². The lowest BCUT2D eigenvalue weighted by molar-refractivity contribution is 0.188. The van der Waals surface area contributed by atoms with E-state index in [4.69, 9.17) is 11.6 Å². The second kappa shape index (κ2) is 5.65. The van der Waals surface area contributed by atoms with Crippen molar-refractivity contribution in [2.75, 3.05) is 7.05 Å². The first-order valence-corrected chi connectivity index (χ1v) is 6.44. The van der Waals surface area contributed by atoms with Crippen molar-refractivity contribution in [2.45, 2.75) is 43.6 Å². The molecule has 1 aromatic heterocycles. The zero-order valence-electron chi connectivity index (χ0n) is 9.77. The van der Waals surface area contributed by atoms with E-state index in [1.807, 2.05) is 12.4 Å². The summed E-state index contributed by atoms with van der Waals surface area (Å²) in [7, 11) is 2.17. The van der Waals surface area contributed by atoms with Gasteiger partial charge in [0.15, 0.2) is 0 Å². The van der Waals surface area contributed by atoms with Crippen molar-refractivity contribution in [2.24, 2.45) is 0 Å². The van der Waals surface area contributed by atoms with E-state index in [2.05, 4.69) is 29.1 Å². The second-order valence-corrected chi connectivity index (χ2v) is 5.20. The van der Waals surface area contributed by atoms with Crippen molar-refractivity contribution in [3.63, 3.8) is 0 Å². The van der Waals surface area contributed by atoms with Crippen LogP contribution in [0.15, 0.2) is 24.5 Å². The SMILES string of the molecule is CN(Cc1ccncc1)C1CCCCC1Cl. The Hall–Kier alpha value is -0.600. The van der Waals surface area contributed by atoms with Crippen molar-refractivity contribution in [1.29, 1.82) is 0 Å². The molecule has 1 saturated carbocycles. The van der Waals surface area contributed by atoms with Gasteiger partial charge in [0.25, 0.3) is 0 Å². The first-order valence-electron chi connectivity index (χ1n) is 6.00. The molecule has 0 aromatic carbocycles. The van der Waals surface area contributed by atoms with E-state index in [0.717, 1.165) is 13.0 Å². The van der Waals surface area contributed by atoms with Gasteiger partial charge < -0.3 is 0 Å². The zero-order chi connectivity index (χ0) is 11.4. The lowest BCUT2D eigenvalue weighted by Crippen LogP contribution is -2.40. The van der Waals surface area contributed by atoms with Gasteiger partial charge in [-0.1, -0.05) is 12.8 Å². The van der Waals surface area contributed by atoms with Crippen molar-refractivity contribution >= 4 is 11.6 Å². The molecule has 0 radical (unpaired) electrons. The van der Waals surface area contributed by atoms with Crippen LogP contribution in [-0.2, 0) is 6.54 Å². The largest absolute Gasteiger partial charge is 0.298 e. The molecule has 2 nitrogen and oxygen atoms in total. The number of nitrogens with zero attached hydrogens (tertiary/aromatic N) is 2. The Kier molecular flexibility index (Phi) is 4.19. The van der Waals surface area contributed by atoms with Crippen LogP contribution in [0.5, 0.6) is 0 Å². The Labute approximate surface area is 103 Å². The number of hydrogen-bond donors (Lipinski definition) is 0. The summed E-state index contributed by atoms with van der Waals surface area (Å²) in [5, 5.41) is 0.320. The summed E-state index contributed by atoms with van der Waals surface area (Å²) >= 11 is 6.39. The molecule has 0 amide bonds. The number of pyridine rings is 1. The predicted octanol–water partition coefficient (Wildman–Crippen LogP) is 3.06. The Morgan fingerprint density at radius 2 is 2.00 bits per heavy atom. The third-order valence-corrected chi connectivity index (χ3v) is 3.90. The first kappa shape index (κ1) is 11.9. The van der Waals surface area contributed by atoms with E-state index in [-0.39, 0.29) is 0 Å². The molecule has 16 heavy (non-hydrogen) atoms. The van der Waals surface area contributed by atoms with Gasteiger partial charge in [-0.2, -0.15) is 0 Å². The highest BCUT2D eigenvalue weighted by Gasteiger charge is 2.26. The molecular weight excluding hydrogens is 220 g/mol. The van der Waals surface area contributed by atoms with Crippen LogP contribution in [0.2, 0.25) is 0 Å². The Morgan fingerprint density at radius 1 is 1.31 bits per heavy atom. The average molecular weight is 239 g/mol. The quantitative estimate of drug-likeness (QED) is 0.753. The smallest absolute Gasteiger partial charge is 0.0491 e. The molecule has 0 aliphatic heterocycles. The van der Waals surface area contributed by atoms with Crippen LogP contribution in [0, 0.1) is 0 Å². The fourth-order valence-electron chi connectivity index (χ4n) is 2.46. The standard InChI is InChI=1S/C13H19ClN2/c1-16(10-11-6-8-15-9-7-11)13-5-3-2-4-12(13)14/h6-9,12-13H,2-5,10H2,1H3. The molecule has 2 unspecified atom stereocenters. The van der Waals surface area contributed by atoms with Crippen LogP contribution in [0.3, 0.4) is 0 Å². The number of halogens is 1. The maximum Gasteiger partial charge on any atom is 0.0491 e. The molecule has 0 N–H and O–H groups in total. The lowest BCUT2D eigenvalue weighted by Gasteiger charge is -2.34. The molecule has 0 bridgehead atoms. The van der Waals surface area contributed by atoms with E-state index in [1.165, 1.54) is 24.8 Å². The van der Waals surface area contributed by atoms with E-state index >= 15 is 0 Å². The molecule has 1 aromatic rings. The summed E-state index contributed by atoms with van der Waals surface area (Å²) in [6.45, 7) is 0.969. The number of rotatable bonds is 3. The Bertz CT molecular complexity index is 315. The molecule has 1 aliphatic rings. The number of hydrogen-bond acceptors (Lipinski definition) is 2. The Morgan fingerprint density at radius 3 is 2.69 bits per heavy atom. The van der Waals surface area contributed by atoms with Gasteiger partial charge in [0.1, 0.15) is 0 Å². The van der Waals surface area contributed by atoms with Crippen LogP contribution >= 0.6 is 11.6 Å². The van der Waals surface area contributed by atoms with E-state index in [1.54, 1.807) is 0 Å². The summed E-state index contributed by atoms with van der Waals surface area (Å²) in [6.07, 6.45) is 8.69. The third-order valence-electron chi connectivity index (χ3n) is 3.39. The summed E-state index contributed by atoms with van der Waals surface area (Å²) in [5.74, 6) is 0. The Balaban J connectivity index is 1.94. The van der Waals surface area contributed by atoms with E-state index in [0.29, 0.717) is 11.4 Å². The maximum atomic E-state index is 6.39. The van der Waals surface area contributed by atoms with Gasteiger partial charge in [-0.25, -0.2) is 0 Å². The monoisotopic (exact) mass is 238 g/mol. The van der Waals surface area contributed by atoms with Gasteiger partial charge in [0.2, 0.25) is 0 Å². The van der Waals surface area contributed by atoms with Crippen molar-refractivity contribution < 1.29 is 0 Å². The normalized spacial score (nSPS) is 25.9. The summed E-state index contributed by atoms with van der Waals surface area (Å²) in [4.78, 5) is 6.42. The predicted molar refractivity (Wildman–Crippen MR) is 67.6 cm³/mol. The first-order chi connectivity index (χ1) is 7.77. The molecule has 3 heteroatoms. The third kappa shape index (κ3) is 2.96. The summed E-state index contributed by atoms with van der Waals surface area (Å²) in [5.41, 5.74) is 1.31. The minimum Gasteiger partial charge on any atom is -0.298 e. The van der Waals surface area contributed by atoms with E-state index in [9.17, 15) is 0 Å². The van der Waals surface area contributed by atoms with Crippen molar-refractivity contribution in [3.8, 4) is 0 Å². The van der Waals surface area contributed by atoms with Crippen LogP contribution in [-0.4, -0.2) is 28.4 Å². The van der Waals surface area contributed by atoms with Crippen LogP contribution < -0.4 is 0 Å². The average Bonchev–Trinajstić information content (AvgIpc) is 2.31. The minimum absolute atomic E-state index is 0.320. The highest BCUT2D eigenvalue weighted by atomic mass is 35.5. The fourth-order valence-corrected chi connectivity index (χ4v) is 2.93. The van der Waals surface area contributed by atoms with Gasteiger partial charge in [-0.3, -0.25) is 9.88 Å². The minimum atomic E-state index is 0.320. The molecule has 2 rings (SSSR count). The number of aromatic nitrogens is 1. The van der Waals surface area contributed by atoms with Crippen LogP contribution in [0.1, 0.15) is 31.2 Å². The topological polar surface area (TPSA) is 16.1 Å². The number of alkyl halides is 1. The molecule has 0 saturated heterocycles. The summed E-state index contributed by atoms with van der Waals surface area (Å²) in [6, 6.07) is 4.68. The van der Waals surface area contributed by atoms with Gasteiger partial charge >= 0.3 is 0 Å². The lowest BCUT2D eigenvalue weighted by atomic mass is 9.93. The molecular formula is C13H19ClN2. The van der Waals surface area contributed by atoms with Crippen LogP contribution in [0.25, 0.3) is 0 Å². The second-order valence-electron chi connectivity index (χ2n) is 4.64. The highest BCUT2D eigenvalue weighted by Crippen LogP contribution is 2.27. The van der Waals surface area contributed by atoms with Gasteiger partial charge in [-0.15, -0.1) is 11.6 Å². The van der Waals surface area contributed by atoms with Crippen LogP contribution in [0.4, 0.5) is 0 Å². The maximum absolute atomic E-state index is 6.39. The molecule has 1 aliphatic carbocycles. The highest BCUT2D eigenvalue weighted by molar-refractivity contribution is 6.21. The van der Waals surface area contributed by atoms with Crippen molar-refractivity contribution in [1.82, 2.24) is 9.88 Å². The van der Waals surface area contributed by atoms with Crippen molar-refractivity contribution in [3.05, 3.63) is 30.1 Å². The molecule has 2 atom stereocenters. The molecule has 1 fully saturated rings. The van der Waals surface area contributed by atoms with E-state index < -0.39 is 0 Å². The molecule has 1 heterocycles. The molecule has 88 valence electrons. The zero-order valence-corrected chi connectivity index (χ0v) is 10.5. The fraction of sp³-hybridized carbons (Fsp3) is 0.615. The molecule has 0 spiro atoms. The summed E-state index contributed by atoms with van der Waals surface area (Å²) < 4.78 is 0. The van der Waals surface area contributed by atoms with Gasteiger partial charge in [0.05, 0.1) is 0 Å².